The maximum Gasteiger partial charge on any atom is 0.306 e. The highest BCUT2D eigenvalue weighted by molar-refractivity contribution is 6.29. The third-order valence-electron chi connectivity index (χ3n) is 2.65. The molecule has 1 amide bonds. The van der Waals surface area contributed by atoms with Crippen LogP contribution in [0.25, 0.3) is 0 Å². The van der Waals surface area contributed by atoms with Crippen LogP contribution >= 0.6 is 11.6 Å². The van der Waals surface area contributed by atoms with Gasteiger partial charge in [-0.3, -0.25) is 14.6 Å². The number of hydrogen-bond acceptors (Lipinski definition) is 5. The average molecular weight is 286 g/mol. The van der Waals surface area contributed by atoms with Gasteiger partial charge in [-0.25, -0.2) is 4.98 Å². The van der Waals surface area contributed by atoms with E-state index in [2.05, 4.69) is 9.97 Å². The summed E-state index contributed by atoms with van der Waals surface area (Å²) in [7, 11) is 0. The lowest BCUT2D eigenvalue weighted by Gasteiger charge is -2.32. The molecule has 102 valence electrons. The van der Waals surface area contributed by atoms with Crippen LogP contribution in [0.2, 0.25) is 5.15 Å². The van der Waals surface area contributed by atoms with Crippen molar-refractivity contribution in [2.45, 2.75) is 12.5 Å². The SMILES string of the molecule is O=C(O)CC1CN(C(=O)c2cncc(Cl)n2)CCO1. The van der Waals surface area contributed by atoms with Crippen LogP contribution in [-0.4, -0.2) is 57.7 Å². The van der Waals surface area contributed by atoms with Crippen molar-refractivity contribution in [3.8, 4) is 0 Å². The van der Waals surface area contributed by atoms with Crippen molar-refractivity contribution in [1.82, 2.24) is 14.9 Å². The summed E-state index contributed by atoms with van der Waals surface area (Å²) >= 11 is 5.68. The second-order valence-electron chi connectivity index (χ2n) is 4.07. The summed E-state index contributed by atoms with van der Waals surface area (Å²) in [5.74, 6) is -1.28. The van der Waals surface area contributed by atoms with E-state index in [1.54, 1.807) is 0 Å². The fraction of sp³-hybridized carbons (Fsp3) is 0.455. The maximum absolute atomic E-state index is 12.1. The molecule has 8 heteroatoms. The molecule has 0 aromatic carbocycles. The van der Waals surface area contributed by atoms with Gasteiger partial charge in [-0.1, -0.05) is 11.6 Å². The van der Waals surface area contributed by atoms with Crippen molar-refractivity contribution < 1.29 is 19.4 Å². The number of carbonyl (C=O) groups is 2. The molecule has 0 radical (unpaired) electrons. The molecule has 7 nitrogen and oxygen atoms in total. The number of nitrogens with zero attached hydrogens (tertiary/aromatic N) is 3. The zero-order valence-electron chi connectivity index (χ0n) is 9.95. The van der Waals surface area contributed by atoms with Crippen molar-refractivity contribution in [2.24, 2.45) is 0 Å². The molecule has 1 aliphatic rings. The molecule has 2 heterocycles. The third kappa shape index (κ3) is 3.62. The Morgan fingerprint density at radius 1 is 1.53 bits per heavy atom. The van der Waals surface area contributed by atoms with Crippen LogP contribution < -0.4 is 0 Å². The second kappa shape index (κ2) is 5.94. The van der Waals surface area contributed by atoms with Crippen molar-refractivity contribution in [1.29, 1.82) is 0 Å². The summed E-state index contributed by atoms with van der Waals surface area (Å²) in [4.78, 5) is 32.0. The van der Waals surface area contributed by atoms with Gasteiger partial charge in [-0.15, -0.1) is 0 Å². The number of aliphatic carboxylic acids is 1. The molecule has 0 aliphatic carbocycles. The number of amides is 1. The van der Waals surface area contributed by atoms with Gasteiger partial charge >= 0.3 is 5.97 Å². The minimum absolute atomic E-state index is 0.134. The first-order chi connectivity index (χ1) is 9.06. The minimum Gasteiger partial charge on any atom is -0.481 e. The topological polar surface area (TPSA) is 92.6 Å². The Kier molecular flexibility index (Phi) is 4.28. The number of rotatable bonds is 3. The van der Waals surface area contributed by atoms with Crippen LogP contribution in [0, 0.1) is 0 Å². The second-order valence-corrected chi connectivity index (χ2v) is 4.46. The average Bonchev–Trinajstić information content (AvgIpc) is 2.37. The van der Waals surface area contributed by atoms with Gasteiger partial charge in [0.1, 0.15) is 10.8 Å². The molecular formula is C11H12ClN3O4. The van der Waals surface area contributed by atoms with Crippen molar-refractivity contribution in [3.05, 3.63) is 23.2 Å². The highest BCUT2D eigenvalue weighted by Crippen LogP contribution is 2.12. The molecule has 0 saturated carbocycles. The number of morpholine rings is 1. The van der Waals surface area contributed by atoms with Gasteiger partial charge in [0.15, 0.2) is 0 Å². The van der Waals surface area contributed by atoms with Crippen LogP contribution in [0.15, 0.2) is 12.4 Å². The number of carboxylic acid groups (broad SMARTS) is 1. The van der Waals surface area contributed by atoms with Crippen molar-refractivity contribution in [2.75, 3.05) is 19.7 Å². The predicted molar refractivity (Wildman–Crippen MR) is 64.9 cm³/mol. The fourth-order valence-corrected chi connectivity index (χ4v) is 1.98. The summed E-state index contributed by atoms with van der Waals surface area (Å²) in [5, 5.41) is 8.86. The number of carboxylic acids is 1. The molecule has 1 aromatic heterocycles. The summed E-state index contributed by atoms with van der Waals surface area (Å²) in [6.45, 7) is 0.917. The summed E-state index contributed by atoms with van der Waals surface area (Å²) in [6.07, 6.45) is 2.04. The Balaban J connectivity index is 2.04. The first-order valence-corrected chi connectivity index (χ1v) is 6.04. The Labute approximate surface area is 114 Å². The van der Waals surface area contributed by atoms with Gasteiger partial charge in [0, 0.05) is 13.1 Å². The lowest BCUT2D eigenvalue weighted by Crippen LogP contribution is -2.46. The van der Waals surface area contributed by atoms with E-state index in [1.807, 2.05) is 0 Å². The molecule has 1 aliphatic heterocycles. The van der Waals surface area contributed by atoms with Crippen LogP contribution in [0.5, 0.6) is 0 Å². The largest absolute Gasteiger partial charge is 0.481 e. The Morgan fingerprint density at radius 2 is 2.32 bits per heavy atom. The molecule has 1 N–H and O–H groups in total. The zero-order valence-corrected chi connectivity index (χ0v) is 10.7. The molecule has 1 fully saturated rings. The fourth-order valence-electron chi connectivity index (χ4n) is 1.83. The van der Waals surface area contributed by atoms with Crippen LogP contribution in [0.4, 0.5) is 0 Å². The summed E-state index contributed by atoms with van der Waals surface area (Å²) < 4.78 is 5.29. The van der Waals surface area contributed by atoms with Gasteiger partial charge in [0.2, 0.25) is 0 Å². The van der Waals surface area contributed by atoms with E-state index in [0.29, 0.717) is 13.2 Å². The smallest absolute Gasteiger partial charge is 0.306 e. The summed E-state index contributed by atoms with van der Waals surface area (Å²) in [5.41, 5.74) is 0.142. The zero-order chi connectivity index (χ0) is 13.8. The monoisotopic (exact) mass is 285 g/mol. The van der Waals surface area contributed by atoms with Crippen molar-refractivity contribution >= 4 is 23.5 Å². The molecule has 1 aromatic rings. The van der Waals surface area contributed by atoms with E-state index in [4.69, 9.17) is 21.4 Å². The normalized spacial score (nSPS) is 19.2. The van der Waals surface area contributed by atoms with Crippen molar-refractivity contribution in [3.63, 3.8) is 0 Å². The Morgan fingerprint density at radius 3 is 3.00 bits per heavy atom. The molecule has 19 heavy (non-hydrogen) atoms. The molecular weight excluding hydrogens is 274 g/mol. The van der Waals surface area contributed by atoms with E-state index in [0.717, 1.165) is 0 Å². The predicted octanol–water partition coefficient (Wildman–Crippen LogP) is 0.446. The Hall–Kier alpha value is -1.73. The number of hydrogen-bond donors (Lipinski definition) is 1. The van der Waals surface area contributed by atoms with Gasteiger partial charge < -0.3 is 14.7 Å². The highest BCUT2D eigenvalue weighted by atomic mass is 35.5. The van der Waals surface area contributed by atoms with E-state index >= 15 is 0 Å². The van der Waals surface area contributed by atoms with Crippen LogP contribution in [-0.2, 0) is 9.53 Å². The quantitative estimate of drug-likeness (QED) is 0.866. The maximum atomic E-state index is 12.1. The molecule has 0 bridgehead atoms. The minimum atomic E-state index is -0.957. The first-order valence-electron chi connectivity index (χ1n) is 5.66. The van der Waals surface area contributed by atoms with E-state index in [1.165, 1.54) is 17.3 Å². The van der Waals surface area contributed by atoms with Gasteiger partial charge in [0.25, 0.3) is 5.91 Å². The number of aromatic nitrogens is 2. The molecule has 0 spiro atoms. The molecule has 1 atom stereocenters. The highest BCUT2D eigenvalue weighted by Gasteiger charge is 2.27. The van der Waals surface area contributed by atoms with Gasteiger partial charge in [-0.05, 0) is 0 Å². The lowest BCUT2D eigenvalue weighted by molar-refractivity contribution is -0.141. The standard InChI is InChI=1S/C11H12ClN3O4/c12-9-5-13-4-8(14-9)11(18)15-1-2-19-7(6-15)3-10(16)17/h4-5,7H,1-3,6H2,(H,16,17). The molecule has 1 saturated heterocycles. The number of carbonyl (C=O) groups excluding carboxylic acids is 1. The third-order valence-corrected chi connectivity index (χ3v) is 2.83. The lowest BCUT2D eigenvalue weighted by atomic mass is 10.2. The summed E-state index contributed by atoms with van der Waals surface area (Å²) in [6, 6.07) is 0. The molecule has 1 unspecified atom stereocenters. The number of ether oxygens (including phenoxy) is 1. The molecule has 2 rings (SSSR count). The van der Waals surface area contributed by atoms with Gasteiger partial charge in [-0.2, -0.15) is 0 Å². The Bertz CT molecular complexity index is 497. The van der Waals surface area contributed by atoms with Crippen LogP contribution in [0.3, 0.4) is 0 Å². The van der Waals surface area contributed by atoms with Crippen LogP contribution in [0.1, 0.15) is 16.9 Å². The first kappa shape index (κ1) is 13.7. The number of halogens is 1. The van der Waals surface area contributed by atoms with E-state index < -0.39 is 12.1 Å². The van der Waals surface area contributed by atoms with Gasteiger partial charge in [0.05, 0.1) is 31.5 Å². The van der Waals surface area contributed by atoms with E-state index in [-0.39, 0.29) is 29.7 Å². The van der Waals surface area contributed by atoms with E-state index in [9.17, 15) is 9.59 Å².